The summed E-state index contributed by atoms with van der Waals surface area (Å²) in [7, 11) is 0. The smallest absolute Gasteiger partial charge is 0.230 e. The summed E-state index contributed by atoms with van der Waals surface area (Å²) in [6, 6.07) is 0.141. The fourth-order valence-electron chi connectivity index (χ4n) is 6.38. The SMILES string of the molecule is CC1CN(C(=O)CCC2=NC3CCCCCC3C(=O)N2)CCB1C1CCCCC1. The van der Waals surface area contributed by atoms with Gasteiger partial charge in [-0.2, -0.15) is 0 Å². The zero-order valence-electron chi connectivity index (χ0n) is 18.2. The van der Waals surface area contributed by atoms with E-state index < -0.39 is 0 Å². The van der Waals surface area contributed by atoms with Crippen molar-refractivity contribution in [2.45, 2.75) is 108 Å². The van der Waals surface area contributed by atoms with Gasteiger partial charge in [-0.3, -0.25) is 14.6 Å². The number of aliphatic imine (C=N–C) groups is 1. The number of hydrogen-bond acceptors (Lipinski definition) is 3. The summed E-state index contributed by atoms with van der Waals surface area (Å²) in [6.07, 6.45) is 14.7. The second-order valence-electron chi connectivity index (χ2n) is 10.0. The molecule has 2 aliphatic heterocycles. The van der Waals surface area contributed by atoms with Gasteiger partial charge in [-0.05, 0) is 18.7 Å². The number of nitrogens with one attached hydrogen (secondary N) is 1. The topological polar surface area (TPSA) is 61.8 Å². The van der Waals surface area contributed by atoms with Crippen LogP contribution < -0.4 is 5.32 Å². The van der Waals surface area contributed by atoms with Crippen LogP contribution in [0.15, 0.2) is 4.99 Å². The van der Waals surface area contributed by atoms with Gasteiger partial charge >= 0.3 is 0 Å². The first-order valence-electron chi connectivity index (χ1n) is 12.3. The molecule has 3 atom stereocenters. The lowest BCUT2D eigenvalue weighted by Gasteiger charge is -2.40. The molecule has 29 heavy (non-hydrogen) atoms. The van der Waals surface area contributed by atoms with E-state index in [0.29, 0.717) is 18.7 Å². The highest BCUT2D eigenvalue weighted by atomic mass is 16.2. The summed E-state index contributed by atoms with van der Waals surface area (Å²) in [6.45, 7) is 4.96. The van der Waals surface area contributed by atoms with Crippen molar-refractivity contribution in [1.82, 2.24) is 10.2 Å². The Labute approximate surface area is 176 Å². The second-order valence-corrected chi connectivity index (χ2v) is 10.0. The first-order valence-corrected chi connectivity index (χ1v) is 12.3. The van der Waals surface area contributed by atoms with E-state index in [2.05, 4.69) is 17.1 Å². The molecule has 5 nitrogen and oxygen atoms in total. The molecule has 0 aromatic carbocycles. The standard InChI is InChI=1S/C23H38BN3O2/c1-17-16-27(15-14-24(17)18-8-4-2-5-9-18)22(28)13-12-21-25-20-11-7-3-6-10-19(20)23(29)26-21/h17-20H,2-16H2,1H3,(H,25,26,29). The van der Waals surface area contributed by atoms with Crippen LogP contribution in [0.4, 0.5) is 0 Å². The molecule has 2 amide bonds. The molecule has 4 rings (SSSR count). The monoisotopic (exact) mass is 399 g/mol. The average Bonchev–Trinajstić information content (AvgIpc) is 2.98. The molecule has 0 spiro atoms. The van der Waals surface area contributed by atoms with Crippen LogP contribution >= 0.6 is 0 Å². The van der Waals surface area contributed by atoms with Crippen LogP contribution in [0.5, 0.6) is 0 Å². The number of nitrogens with zero attached hydrogens (tertiary/aromatic N) is 2. The molecule has 0 aromatic heterocycles. The Morgan fingerprint density at radius 3 is 2.59 bits per heavy atom. The molecule has 6 heteroatoms. The Bertz CT molecular complexity index is 632. The van der Waals surface area contributed by atoms with E-state index in [0.717, 1.165) is 57.1 Å². The maximum absolute atomic E-state index is 12.8. The molecule has 0 aromatic rings. The molecule has 1 N–H and O–H groups in total. The molecule has 160 valence electrons. The van der Waals surface area contributed by atoms with Gasteiger partial charge in [-0.15, -0.1) is 0 Å². The second kappa shape index (κ2) is 9.66. The van der Waals surface area contributed by atoms with E-state index >= 15 is 0 Å². The summed E-state index contributed by atoms with van der Waals surface area (Å²) < 4.78 is 0. The van der Waals surface area contributed by atoms with E-state index in [1.165, 1.54) is 44.8 Å². The molecule has 0 radical (unpaired) electrons. The maximum Gasteiger partial charge on any atom is 0.230 e. The van der Waals surface area contributed by atoms with Crippen molar-refractivity contribution in [2.75, 3.05) is 13.1 Å². The molecule has 0 bridgehead atoms. The van der Waals surface area contributed by atoms with Crippen LogP contribution in [-0.4, -0.2) is 48.4 Å². The highest BCUT2D eigenvalue weighted by Gasteiger charge is 2.37. The van der Waals surface area contributed by atoms with Crippen molar-refractivity contribution >= 4 is 24.4 Å². The van der Waals surface area contributed by atoms with Crippen molar-refractivity contribution in [3.8, 4) is 0 Å². The summed E-state index contributed by atoms with van der Waals surface area (Å²) in [4.78, 5) is 32.2. The third kappa shape index (κ3) is 5.06. The summed E-state index contributed by atoms with van der Waals surface area (Å²) in [5, 5.41) is 3.00. The van der Waals surface area contributed by atoms with E-state index in [1.807, 2.05) is 0 Å². The predicted octanol–water partition coefficient (Wildman–Crippen LogP) is 4.31. The van der Waals surface area contributed by atoms with E-state index in [1.54, 1.807) is 0 Å². The minimum Gasteiger partial charge on any atom is -0.344 e. The number of carbonyl (C=O) groups is 2. The van der Waals surface area contributed by atoms with Crippen LogP contribution in [-0.2, 0) is 9.59 Å². The quantitative estimate of drug-likeness (QED) is 0.717. The summed E-state index contributed by atoms with van der Waals surface area (Å²) >= 11 is 0. The number of fused-ring (bicyclic) bond motifs is 1. The number of amidine groups is 1. The van der Waals surface area contributed by atoms with E-state index in [-0.39, 0.29) is 23.8 Å². The number of amides is 2. The van der Waals surface area contributed by atoms with Crippen molar-refractivity contribution in [1.29, 1.82) is 0 Å². The first kappa shape index (κ1) is 20.9. The number of carbonyl (C=O) groups excluding carboxylic acids is 2. The molecule has 2 heterocycles. The van der Waals surface area contributed by atoms with Gasteiger partial charge in [0.25, 0.3) is 0 Å². The van der Waals surface area contributed by atoms with Crippen molar-refractivity contribution in [3.05, 3.63) is 0 Å². The van der Waals surface area contributed by atoms with Gasteiger partial charge in [0.15, 0.2) is 0 Å². The van der Waals surface area contributed by atoms with Gasteiger partial charge in [-0.25, -0.2) is 0 Å². The van der Waals surface area contributed by atoms with Gasteiger partial charge in [0.2, 0.25) is 11.8 Å². The lowest BCUT2D eigenvalue weighted by atomic mass is 9.30. The van der Waals surface area contributed by atoms with Gasteiger partial charge in [0.05, 0.1) is 12.0 Å². The average molecular weight is 399 g/mol. The number of rotatable bonds is 4. The van der Waals surface area contributed by atoms with Gasteiger partial charge in [0.1, 0.15) is 12.5 Å². The van der Waals surface area contributed by atoms with Gasteiger partial charge < -0.3 is 10.2 Å². The first-order chi connectivity index (χ1) is 14.1. The van der Waals surface area contributed by atoms with Crippen molar-refractivity contribution in [2.24, 2.45) is 10.9 Å². The minimum atomic E-state index is 0.0524. The minimum absolute atomic E-state index is 0.0524. The highest BCUT2D eigenvalue weighted by Crippen LogP contribution is 2.39. The number of hydrogen-bond donors (Lipinski definition) is 1. The van der Waals surface area contributed by atoms with Crippen LogP contribution in [0.3, 0.4) is 0 Å². The van der Waals surface area contributed by atoms with E-state index in [9.17, 15) is 9.59 Å². The zero-order valence-corrected chi connectivity index (χ0v) is 18.2. The molecule has 3 unspecified atom stereocenters. The normalized spacial score (nSPS) is 31.6. The Kier molecular flexibility index (Phi) is 6.97. The maximum atomic E-state index is 12.8. The molecular weight excluding hydrogens is 361 g/mol. The zero-order chi connectivity index (χ0) is 20.2. The van der Waals surface area contributed by atoms with Gasteiger partial charge in [0, 0.05) is 25.9 Å². The summed E-state index contributed by atoms with van der Waals surface area (Å²) in [5.74, 6) is 2.66. The lowest BCUT2D eigenvalue weighted by molar-refractivity contribution is -0.131. The Balaban J connectivity index is 1.27. The predicted molar refractivity (Wildman–Crippen MR) is 119 cm³/mol. The molecule has 4 aliphatic rings. The van der Waals surface area contributed by atoms with Gasteiger partial charge in [-0.1, -0.05) is 70.4 Å². The molecule has 2 aliphatic carbocycles. The van der Waals surface area contributed by atoms with Crippen molar-refractivity contribution < 1.29 is 9.59 Å². The Hall–Kier alpha value is -1.33. The molecular formula is C23H38BN3O2. The van der Waals surface area contributed by atoms with E-state index in [4.69, 9.17) is 4.99 Å². The highest BCUT2D eigenvalue weighted by molar-refractivity contribution is 6.62. The largest absolute Gasteiger partial charge is 0.344 e. The van der Waals surface area contributed by atoms with Crippen LogP contribution in [0.2, 0.25) is 18.0 Å². The van der Waals surface area contributed by atoms with Crippen LogP contribution in [0.25, 0.3) is 0 Å². The molecule has 3 fully saturated rings. The Morgan fingerprint density at radius 1 is 1.10 bits per heavy atom. The Morgan fingerprint density at radius 2 is 1.83 bits per heavy atom. The fraction of sp³-hybridized carbons (Fsp3) is 0.870. The molecule has 2 saturated carbocycles. The van der Waals surface area contributed by atoms with Crippen LogP contribution in [0, 0.1) is 5.92 Å². The third-order valence-electron chi connectivity index (χ3n) is 8.06. The lowest BCUT2D eigenvalue weighted by Crippen LogP contribution is -2.47. The summed E-state index contributed by atoms with van der Waals surface area (Å²) in [5.41, 5.74) is 0. The molecule has 1 saturated heterocycles. The van der Waals surface area contributed by atoms with Crippen molar-refractivity contribution in [3.63, 3.8) is 0 Å². The third-order valence-corrected chi connectivity index (χ3v) is 8.06. The fourth-order valence-corrected chi connectivity index (χ4v) is 6.38. The van der Waals surface area contributed by atoms with Crippen LogP contribution in [0.1, 0.15) is 84.0 Å².